The molecule has 8 heteroatoms. The molecule has 0 aromatic heterocycles. The number of hydrogen-bond acceptors (Lipinski definition) is 4. The number of carbonyl (C=O) groups is 1. The van der Waals surface area contributed by atoms with Gasteiger partial charge in [0.1, 0.15) is 11.5 Å². The molecular formula is C23H33IN4O3. The summed E-state index contributed by atoms with van der Waals surface area (Å²) in [5.74, 6) is 1.55. The van der Waals surface area contributed by atoms with Crippen LogP contribution in [0.3, 0.4) is 0 Å². The zero-order valence-corrected chi connectivity index (χ0v) is 20.9. The summed E-state index contributed by atoms with van der Waals surface area (Å²) >= 11 is 0. The molecule has 1 unspecified atom stereocenters. The molecule has 31 heavy (non-hydrogen) atoms. The average Bonchev–Trinajstić information content (AvgIpc) is 2.74. The highest BCUT2D eigenvalue weighted by atomic mass is 127. The summed E-state index contributed by atoms with van der Waals surface area (Å²) in [4.78, 5) is 16.7. The molecule has 0 saturated heterocycles. The van der Waals surface area contributed by atoms with E-state index in [0.29, 0.717) is 36.8 Å². The Morgan fingerprint density at radius 3 is 2.52 bits per heavy atom. The van der Waals surface area contributed by atoms with Gasteiger partial charge < -0.3 is 25.8 Å². The number of carbonyl (C=O) groups excluding carboxylic acids is 1. The lowest BCUT2D eigenvalue weighted by Gasteiger charge is -2.14. The molecule has 170 valence electrons. The minimum atomic E-state index is -0.0876. The SMILES string of the molecule is CCOc1ccc(OCC)c(NC(N)=NCc2cccc(C(=O)NC(C)CC)c2)c1.I. The monoisotopic (exact) mass is 540 g/mol. The number of hydrogen-bond donors (Lipinski definition) is 3. The number of nitrogens with zero attached hydrogens (tertiary/aromatic N) is 1. The van der Waals surface area contributed by atoms with Gasteiger partial charge in [0, 0.05) is 17.7 Å². The Morgan fingerprint density at radius 2 is 1.84 bits per heavy atom. The summed E-state index contributed by atoms with van der Waals surface area (Å²) in [5.41, 5.74) is 8.28. The summed E-state index contributed by atoms with van der Waals surface area (Å²) in [5, 5.41) is 6.05. The van der Waals surface area contributed by atoms with Crippen molar-refractivity contribution in [2.45, 2.75) is 46.7 Å². The van der Waals surface area contributed by atoms with E-state index in [-0.39, 0.29) is 41.9 Å². The third-order valence-corrected chi connectivity index (χ3v) is 4.44. The van der Waals surface area contributed by atoms with Crippen molar-refractivity contribution in [2.24, 2.45) is 10.7 Å². The van der Waals surface area contributed by atoms with Gasteiger partial charge in [0.25, 0.3) is 5.91 Å². The third-order valence-electron chi connectivity index (χ3n) is 4.44. The van der Waals surface area contributed by atoms with Crippen LogP contribution in [0.15, 0.2) is 47.5 Å². The highest BCUT2D eigenvalue weighted by Crippen LogP contribution is 2.29. The predicted octanol–water partition coefficient (Wildman–Crippen LogP) is 4.56. The molecule has 2 rings (SSSR count). The van der Waals surface area contributed by atoms with Crippen LogP contribution in [0.4, 0.5) is 5.69 Å². The molecule has 7 nitrogen and oxygen atoms in total. The molecule has 0 saturated carbocycles. The highest BCUT2D eigenvalue weighted by molar-refractivity contribution is 14.0. The van der Waals surface area contributed by atoms with Crippen LogP contribution in [-0.4, -0.2) is 31.1 Å². The second kappa shape index (κ2) is 13.7. The van der Waals surface area contributed by atoms with E-state index >= 15 is 0 Å². The molecule has 0 aliphatic heterocycles. The van der Waals surface area contributed by atoms with Crippen molar-refractivity contribution in [1.29, 1.82) is 0 Å². The zero-order valence-electron chi connectivity index (χ0n) is 18.6. The van der Waals surface area contributed by atoms with Crippen LogP contribution < -0.4 is 25.8 Å². The van der Waals surface area contributed by atoms with Crippen LogP contribution in [-0.2, 0) is 6.54 Å². The van der Waals surface area contributed by atoms with Crippen molar-refractivity contribution in [3.05, 3.63) is 53.6 Å². The number of nitrogens with one attached hydrogen (secondary N) is 2. The average molecular weight is 540 g/mol. The van der Waals surface area contributed by atoms with Gasteiger partial charge in [-0.15, -0.1) is 24.0 Å². The molecular weight excluding hydrogens is 507 g/mol. The van der Waals surface area contributed by atoms with Crippen molar-refractivity contribution in [2.75, 3.05) is 18.5 Å². The number of aliphatic imine (C=N–C) groups is 1. The first kappa shape index (κ1) is 26.5. The fourth-order valence-electron chi connectivity index (χ4n) is 2.72. The number of benzene rings is 2. The molecule has 0 radical (unpaired) electrons. The van der Waals surface area contributed by atoms with Gasteiger partial charge in [0.2, 0.25) is 0 Å². The lowest BCUT2D eigenvalue weighted by molar-refractivity contribution is 0.0939. The maximum absolute atomic E-state index is 12.3. The van der Waals surface area contributed by atoms with E-state index in [0.717, 1.165) is 17.7 Å². The smallest absolute Gasteiger partial charge is 0.251 e. The Balaban J connectivity index is 0.00000480. The van der Waals surface area contributed by atoms with Gasteiger partial charge in [-0.25, -0.2) is 4.99 Å². The summed E-state index contributed by atoms with van der Waals surface area (Å²) < 4.78 is 11.2. The third kappa shape index (κ3) is 8.64. The molecule has 0 heterocycles. The molecule has 1 atom stereocenters. The van der Waals surface area contributed by atoms with Crippen molar-refractivity contribution < 1.29 is 14.3 Å². The second-order valence-electron chi connectivity index (χ2n) is 6.83. The molecule has 0 bridgehead atoms. The lowest BCUT2D eigenvalue weighted by atomic mass is 10.1. The van der Waals surface area contributed by atoms with E-state index in [2.05, 4.69) is 15.6 Å². The molecule has 0 fully saturated rings. The second-order valence-corrected chi connectivity index (χ2v) is 6.83. The Labute approximate surface area is 201 Å². The van der Waals surface area contributed by atoms with Crippen LogP contribution in [0.1, 0.15) is 50.0 Å². The molecule has 2 aromatic carbocycles. The first-order chi connectivity index (χ1) is 14.5. The standard InChI is InChI=1S/C23H32N4O3.HI/c1-5-16(4)26-22(28)18-10-8-9-17(13-18)15-25-23(24)27-20-14-19(29-6-2)11-12-21(20)30-7-3;/h8-14,16H,5-7,15H2,1-4H3,(H,26,28)(H3,24,25,27);1H. The number of ether oxygens (including phenoxy) is 2. The fourth-order valence-corrected chi connectivity index (χ4v) is 2.72. The number of rotatable bonds is 10. The zero-order chi connectivity index (χ0) is 21.9. The number of halogens is 1. The minimum Gasteiger partial charge on any atom is -0.494 e. The Hall–Kier alpha value is -2.49. The predicted molar refractivity (Wildman–Crippen MR) is 137 cm³/mol. The highest BCUT2D eigenvalue weighted by Gasteiger charge is 2.10. The van der Waals surface area contributed by atoms with E-state index in [1.54, 1.807) is 6.07 Å². The van der Waals surface area contributed by atoms with Gasteiger partial charge >= 0.3 is 0 Å². The van der Waals surface area contributed by atoms with E-state index in [1.165, 1.54) is 0 Å². The number of anilines is 1. The summed E-state index contributed by atoms with van der Waals surface area (Å²) in [6.45, 7) is 9.31. The van der Waals surface area contributed by atoms with Crippen molar-refractivity contribution >= 4 is 41.5 Å². The van der Waals surface area contributed by atoms with Gasteiger partial charge in [-0.1, -0.05) is 19.1 Å². The minimum absolute atomic E-state index is 0. The number of guanidine groups is 1. The summed E-state index contributed by atoms with van der Waals surface area (Å²) in [6, 6.07) is 13.0. The van der Waals surface area contributed by atoms with E-state index in [4.69, 9.17) is 15.2 Å². The van der Waals surface area contributed by atoms with Gasteiger partial charge in [-0.2, -0.15) is 0 Å². The Morgan fingerprint density at radius 1 is 1.10 bits per heavy atom. The Kier molecular flexibility index (Phi) is 11.8. The molecule has 2 aromatic rings. The topological polar surface area (TPSA) is 98.0 Å². The van der Waals surface area contributed by atoms with E-state index in [9.17, 15) is 4.79 Å². The van der Waals surface area contributed by atoms with Gasteiger partial charge in [-0.05, 0) is 57.0 Å². The Bertz CT molecular complexity index is 874. The maximum atomic E-state index is 12.3. The van der Waals surface area contributed by atoms with Crippen LogP contribution in [0.5, 0.6) is 11.5 Å². The van der Waals surface area contributed by atoms with Crippen LogP contribution in [0.25, 0.3) is 0 Å². The lowest BCUT2D eigenvalue weighted by Crippen LogP contribution is -2.31. The quantitative estimate of drug-likeness (QED) is 0.233. The van der Waals surface area contributed by atoms with Crippen LogP contribution in [0.2, 0.25) is 0 Å². The molecule has 0 spiro atoms. The number of amides is 1. The van der Waals surface area contributed by atoms with E-state index < -0.39 is 0 Å². The largest absolute Gasteiger partial charge is 0.494 e. The molecule has 0 aliphatic rings. The summed E-state index contributed by atoms with van der Waals surface area (Å²) in [7, 11) is 0. The molecule has 1 amide bonds. The van der Waals surface area contributed by atoms with Crippen LogP contribution in [0, 0.1) is 0 Å². The van der Waals surface area contributed by atoms with Crippen molar-refractivity contribution in [3.63, 3.8) is 0 Å². The van der Waals surface area contributed by atoms with Crippen molar-refractivity contribution in [3.8, 4) is 11.5 Å². The van der Waals surface area contributed by atoms with Gasteiger partial charge in [0.05, 0.1) is 25.4 Å². The number of nitrogens with two attached hydrogens (primary N) is 1. The molecule has 4 N–H and O–H groups in total. The van der Waals surface area contributed by atoms with Gasteiger partial charge in [-0.3, -0.25) is 4.79 Å². The normalized spacial score (nSPS) is 11.8. The fraction of sp³-hybridized carbons (Fsp3) is 0.391. The first-order valence-corrected chi connectivity index (χ1v) is 10.3. The first-order valence-electron chi connectivity index (χ1n) is 10.3. The summed E-state index contributed by atoms with van der Waals surface area (Å²) in [6.07, 6.45) is 0.881. The maximum Gasteiger partial charge on any atom is 0.251 e. The van der Waals surface area contributed by atoms with Crippen LogP contribution >= 0.6 is 24.0 Å². The van der Waals surface area contributed by atoms with Gasteiger partial charge in [0.15, 0.2) is 5.96 Å². The molecule has 0 aliphatic carbocycles. The van der Waals surface area contributed by atoms with Crippen molar-refractivity contribution in [1.82, 2.24) is 5.32 Å². The van der Waals surface area contributed by atoms with E-state index in [1.807, 2.05) is 64.1 Å².